The number of piperazine rings is 1. The minimum Gasteiger partial charge on any atom is -0.399 e. The summed E-state index contributed by atoms with van der Waals surface area (Å²) in [6.45, 7) is 3.86. The Labute approximate surface area is 155 Å². The van der Waals surface area contributed by atoms with Gasteiger partial charge in [0, 0.05) is 49.7 Å². The predicted octanol–water partition coefficient (Wildman–Crippen LogP) is 1.78. The van der Waals surface area contributed by atoms with Gasteiger partial charge in [-0.15, -0.1) is 0 Å². The summed E-state index contributed by atoms with van der Waals surface area (Å²) in [7, 11) is 2.09. The van der Waals surface area contributed by atoms with Crippen molar-refractivity contribution in [1.29, 1.82) is 0 Å². The number of nitro groups is 1. The van der Waals surface area contributed by atoms with Crippen LogP contribution in [0.25, 0.3) is 11.0 Å². The van der Waals surface area contributed by atoms with Gasteiger partial charge in [0.15, 0.2) is 0 Å². The standard InChI is InChI=1S/C11H15N3O2.C7H7N3O/c1-12-5-7-13(8-6-12)10-3-2-4-11(9-10)14(15)16;8-4-1-2-5-6(3-4)10-7(11)9-5/h2-4,9H,5-8H2,1H3;1-3H,8H2,(H2,9,10,11). The van der Waals surface area contributed by atoms with E-state index < -0.39 is 0 Å². The number of hydrogen-bond donors (Lipinski definition) is 3. The molecule has 0 radical (unpaired) electrons. The smallest absolute Gasteiger partial charge is 0.323 e. The summed E-state index contributed by atoms with van der Waals surface area (Å²) in [6, 6.07) is 12.1. The van der Waals surface area contributed by atoms with Crippen molar-refractivity contribution in [3.8, 4) is 0 Å². The van der Waals surface area contributed by atoms with Gasteiger partial charge in [-0.2, -0.15) is 0 Å². The number of likely N-dealkylation sites (N-methyl/N-ethyl adjacent to an activating group) is 1. The number of nitrogens with zero attached hydrogens (tertiary/aromatic N) is 3. The van der Waals surface area contributed by atoms with E-state index in [4.69, 9.17) is 5.73 Å². The normalized spacial score (nSPS) is 14.6. The molecule has 1 aliphatic heterocycles. The van der Waals surface area contributed by atoms with Crippen LogP contribution in [0.3, 0.4) is 0 Å². The van der Waals surface area contributed by atoms with Crippen molar-refractivity contribution in [3.05, 3.63) is 63.1 Å². The van der Waals surface area contributed by atoms with Crippen LogP contribution in [0.4, 0.5) is 17.1 Å². The van der Waals surface area contributed by atoms with Gasteiger partial charge in [0.05, 0.1) is 16.0 Å². The first kappa shape index (κ1) is 18.5. The van der Waals surface area contributed by atoms with Gasteiger partial charge in [-0.25, -0.2) is 4.79 Å². The fraction of sp³-hybridized carbons (Fsp3) is 0.278. The number of nitrogens with one attached hydrogen (secondary N) is 2. The first-order chi connectivity index (χ1) is 12.9. The molecule has 3 aromatic rings. The number of H-pyrrole nitrogens is 2. The van der Waals surface area contributed by atoms with Crippen molar-refractivity contribution >= 4 is 28.1 Å². The van der Waals surface area contributed by atoms with Crippen LogP contribution in [0.2, 0.25) is 0 Å². The Kier molecular flexibility index (Phi) is 5.41. The van der Waals surface area contributed by atoms with Gasteiger partial charge in [-0.1, -0.05) is 6.07 Å². The van der Waals surface area contributed by atoms with E-state index in [9.17, 15) is 14.9 Å². The van der Waals surface area contributed by atoms with Gasteiger partial charge >= 0.3 is 5.69 Å². The summed E-state index contributed by atoms with van der Waals surface area (Å²) in [6.07, 6.45) is 0. The van der Waals surface area contributed by atoms with E-state index in [0.29, 0.717) is 5.69 Å². The number of aromatic nitrogens is 2. The van der Waals surface area contributed by atoms with Gasteiger partial charge in [-0.05, 0) is 31.3 Å². The van der Waals surface area contributed by atoms with Crippen molar-refractivity contribution in [1.82, 2.24) is 14.9 Å². The number of anilines is 2. The van der Waals surface area contributed by atoms with Crippen molar-refractivity contribution in [3.63, 3.8) is 0 Å². The summed E-state index contributed by atoms with van der Waals surface area (Å²) in [4.78, 5) is 30.7. The first-order valence-corrected chi connectivity index (χ1v) is 8.58. The topological polar surface area (TPSA) is 124 Å². The molecule has 9 heteroatoms. The Bertz CT molecular complexity index is 988. The second-order valence-electron chi connectivity index (χ2n) is 6.45. The lowest BCUT2D eigenvalue weighted by molar-refractivity contribution is -0.384. The molecule has 0 amide bonds. The van der Waals surface area contributed by atoms with Crippen LogP contribution in [-0.2, 0) is 0 Å². The Hall–Kier alpha value is -3.33. The fourth-order valence-corrected chi connectivity index (χ4v) is 2.92. The quantitative estimate of drug-likeness (QED) is 0.359. The Morgan fingerprint density at radius 3 is 2.44 bits per heavy atom. The Morgan fingerprint density at radius 1 is 1.04 bits per heavy atom. The van der Waals surface area contributed by atoms with Gasteiger partial charge in [0.25, 0.3) is 5.69 Å². The molecule has 9 nitrogen and oxygen atoms in total. The molecule has 142 valence electrons. The molecular formula is C18H22N6O3. The van der Waals surface area contributed by atoms with Crippen molar-refractivity contribution in [2.75, 3.05) is 43.9 Å². The van der Waals surface area contributed by atoms with Crippen LogP contribution < -0.4 is 16.3 Å². The number of nitrogen functional groups attached to an aromatic ring is 1. The molecule has 0 unspecified atom stereocenters. The number of aromatic amines is 2. The zero-order chi connectivity index (χ0) is 19.4. The van der Waals surface area contributed by atoms with Crippen LogP contribution >= 0.6 is 0 Å². The fourth-order valence-electron chi connectivity index (χ4n) is 2.92. The molecule has 1 fully saturated rings. The third-order valence-electron chi connectivity index (χ3n) is 4.45. The molecule has 0 aliphatic carbocycles. The number of imidazole rings is 1. The van der Waals surface area contributed by atoms with Crippen LogP contribution in [0.15, 0.2) is 47.3 Å². The molecule has 4 N–H and O–H groups in total. The molecule has 27 heavy (non-hydrogen) atoms. The average Bonchev–Trinajstić information content (AvgIpc) is 3.02. The zero-order valence-electron chi connectivity index (χ0n) is 15.0. The number of benzene rings is 2. The highest BCUT2D eigenvalue weighted by molar-refractivity contribution is 5.77. The van der Waals surface area contributed by atoms with Gasteiger partial charge < -0.3 is 25.5 Å². The number of nitrogens with two attached hydrogens (primary N) is 1. The highest BCUT2D eigenvalue weighted by Gasteiger charge is 2.16. The minimum atomic E-state index is -0.348. The molecule has 2 aromatic carbocycles. The molecule has 0 atom stereocenters. The van der Waals surface area contributed by atoms with E-state index >= 15 is 0 Å². The zero-order valence-corrected chi connectivity index (χ0v) is 15.0. The maximum atomic E-state index is 10.7. The van der Waals surface area contributed by atoms with E-state index in [-0.39, 0.29) is 16.3 Å². The summed E-state index contributed by atoms with van der Waals surface area (Å²) >= 11 is 0. The minimum absolute atomic E-state index is 0.163. The third kappa shape index (κ3) is 4.64. The van der Waals surface area contributed by atoms with E-state index in [2.05, 4.69) is 26.8 Å². The molecule has 2 heterocycles. The second kappa shape index (κ2) is 7.92. The molecule has 1 saturated heterocycles. The van der Waals surface area contributed by atoms with Crippen LogP contribution in [0, 0.1) is 10.1 Å². The largest absolute Gasteiger partial charge is 0.399 e. The third-order valence-corrected chi connectivity index (χ3v) is 4.45. The van der Waals surface area contributed by atoms with Crippen molar-refractivity contribution in [2.45, 2.75) is 0 Å². The van der Waals surface area contributed by atoms with Crippen LogP contribution in [0.1, 0.15) is 0 Å². The Morgan fingerprint density at radius 2 is 1.74 bits per heavy atom. The number of hydrogen-bond acceptors (Lipinski definition) is 6. The van der Waals surface area contributed by atoms with Crippen molar-refractivity contribution < 1.29 is 4.92 Å². The summed E-state index contributed by atoms with van der Waals surface area (Å²) < 4.78 is 0. The summed E-state index contributed by atoms with van der Waals surface area (Å²) in [5.41, 5.74) is 8.58. The van der Waals surface area contributed by atoms with Gasteiger partial charge in [-0.3, -0.25) is 10.1 Å². The number of nitro benzene ring substituents is 1. The molecule has 0 spiro atoms. The number of rotatable bonds is 2. The van der Waals surface area contributed by atoms with E-state index in [0.717, 1.165) is 42.9 Å². The van der Waals surface area contributed by atoms with Gasteiger partial charge in [0.1, 0.15) is 0 Å². The van der Waals surface area contributed by atoms with Crippen LogP contribution in [-0.4, -0.2) is 53.0 Å². The average molecular weight is 370 g/mol. The predicted molar refractivity (Wildman–Crippen MR) is 106 cm³/mol. The number of fused-ring (bicyclic) bond motifs is 1. The van der Waals surface area contributed by atoms with E-state index in [1.807, 2.05) is 6.07 Å². The summed E-state index contributed by atoms with van der Waals surface area (Å²) in [5.74, 6) is 0. The maximum Gasteiger partial charge on any atom is 0.323 e. The molecule has 4 rings (SSSR count). The van der Waals surface area contributed by atoms with E-state index in [1.54, 1.807) is 30.3 Å². The summed E-state index contributed by atoms with van der Waals surface area (Å²) in [5, 5.41) is 10.7. The first-order valence-electron chi connectivity index (χ1n) is 8.58. The highest BCUT2D eigenvalue weighted by atomic mass is 16.6. The SMILES string of the molecule is CN1CCN(c2cccc([N+](=O)[O-])c2)CC1.Nc1ccc2[nH]c(=O)[nH]c2c1. The second-order valence-corrected chi connectivity index (χ2v) is 6.45. The molecule has 0 saturated carbocycles. The monoisotopic (exact) mass is 370 g/mol. The lowest BCUT2D eigenvalue weighted by atomic mass is 10.2. The van der Waals surface area contributed by atoms with E-state index in [1.165, 1.54) is 6.07 Å². The molecule has 1 aliphatic rings. The highest BCUT2D eigenvalue weighted by Crippen LogP contribution is 2.21. The van der Waals surface area contributed by atoms with Crippen molar-refractivity contribution in [2.24, 2.45) is 0 Å². The number of non-ortho nitro benzene ring substituents is 1. The lowest BCUT2D eigenvalue weighted by Crippen LogP contribution is -2.44. The van der Waals surface area contributed by atoms with Gasteiger partial charge in [0.2, 0.25) is 0 Å². The maximum absolute atomic E-state index is 10.7. The molecular weight excluding hydrogens is 348 g/mol. The van der Waals surface area contributed by atoms with Crippen LogP contribution in [0.5, 0.6) is 0 Å². The molecule has 1 aromatic heterocycles. The Balaban J connectivity index is 0.000000166. The lowest BCUT2D eigenvalue weighted by Gasteiger charge is -2.33. The molecule has 0 bridgehead atoms.